The highest BCUT2D eigenvalue weighted by molar-refractivity contribution is 5.61. The third-order valence-electron chi connectivity index (χ3n) is 3.06. The normalized spacial score (nSPS) is 11.9. The first kappa shape index (κ1) is 14.3. The minimum absolute atomic E-state index is 0.227. The monoisotopic (exact) mass is 264 g/mol. The Bertz CT molecular complexity index is 553. The van der Waals surface area contributed by atoms with Crippen molar-refractivity contribution in [2.24, 2.45) is 0 Å². The van der Waals surface area contributed by atoms with Crippen molar-refractivity contribution in [2.75, 3.05) is 6.61 Å². The summed E-state index contributed by atoms with van der Waals surface area (Å²) >= 11 is 0. The van der Waals surface area contributed by atoms with Gasteiger partial charge in [0.15, 0.2) is 0 Å². The molecule has 0 aliphatic heterocycles. The Balaban J connectivity index is 2.15. The second-order valence-electron chi connectivity index (χ2n) is 4.70. The van der Waals surface area contributed by atoms with E-state index >= 15 is 0 Å². The molecule has 102 valence electrons. The van der Waals surface area contributed by atoms with Crippen molar-refractivity contribution >= 4 is 12.2 Å². The number of hydrogen-bond acceptors (Lipinski definition) is 1. The molecule has 0 unspecified atom stereocenters. The summed E-state index contributed by atoms with van der Waals surface area (Å²) in [7, 11) is 0. The highest BCUT2D eigenvalue weighted by Gasteiger charge is 1.95. The zero-order valence-corrected chi connectivity index (χ0v) is 11.6. The number of rotatable bonds is 6. The van der Waals surface area contributed by atoms with E-state index in [-0.39, 0.29) is 6.61 Å². The summed E-state index contributed by atoms with van der Waals surface area (Å²) in [6, 6.07) is 20.5. The first-order valence-corrected chi connectivity index (χ1v) is 6.98. The highest BCUT2D eigenvalue weighted by Crippen LogP contribution is 2.15. The molecule has 0 heterocycles. The summed E-state index contributed by atoms with van der Waals surface area (Å²) in [5, 5.41) is 9.02. The van der Waals surface area contributed by atoms with E-state index in [0.29, 0.717) is 0 Å². The van der Waals surface area contributed by atoms with Crippen LogP contribution in [0.5, 0.6) is 0 Å². The van der Waals surface area contributed by atoms with Crippen LogP contribution >= 0.6 is 0 Å². The van der Waals surface area contributed by atoms with Gasteiger partial charge in [-0.3, -0.25) is 0 Å². The molecule has 0 fully saturated rings. The molecule has 0 aliphatic carbocycles. The van der Waals surface area contributed by atoms with Crippen molar-refractivity contribution < 1.29 is 5.11 Å². The maximum absolute atomic E-state index is 9.02. The van der Waals surface area contributed by atoms with Crippen LogP contribution < -0.4 is 0 Å². The Morgan fingerprint density at radius 3 is 2.05 bits per heavy atom. The SMILES string of the molecule is OCCCC(/C=C/c1ccccc1)=C\c1ccccc1. The fourth-order valence-corrected chi connectivity index (χ4v) is 2.02. The van der Waals surface area contributed by atoms with E-state index in [1.165, 1.54) is 16.7 Å². The predicted octanol–water partition coefficient (Wildman–Crippen LogP) is 4.56. The maximum atomic E-state index is 9.02. The molecule has 0 saturated carbocycles. The summed E-state index contributed by atoms with van der Waals surface area (Å²) in [6.45, 7) is 0.227. The minimum atomic E-state index is 0.227. The molecule has 2 aromatic carbocycles. The molecular formula is C19H20O. The van der Waals surface area contributed by atoms with Crippen LogP contribution in [0.4, 0.5) is 0 Å². The molecule has 0 aliphatic rings. The first-order valence-electron chi connectivity index (χ1n) is 6.98. The zero-order chi connectivity index (χ0) is 14.0. The summed E-state index contributed by atoms with van der Waals surface area (Å²) in [5.74, 6) is 0. The van der Waals surface area contributed by atoms with Gasteiger partial charge in [0.1, 0.15) is 0 Å². The Kier molecular flexibility index (Phi) is 5.81. The highest BCUT2D eigenvalue weighted by atomic mass is 16.2. The molecule has 0 saturated heterocycles. The second kappa shape index (κ2) is 8.13. The molecule has 1 nitrogen and oxygen atoms in total. The number of hydrogen-bond donors (Lipinski definition) is 1. The van der Waals surface area contributed by atoms with Crippen molar-refractivity contribution in [3.63, 3.8) is 0 Å². The standard InChI is InChI=1S/C19H20O/c20-15-7-12-19(16-18-10-5-2-6-11-18)14-13-17-8-3-1-4-9-17/h1-6,8-11,13-14,16,20H,7,12,15H2/b14-13+,19-16+. The van der Waals surface area contributed by atoms with E-state index in [0.717, 1.165) is 12.8 Å². The van der Waals surface area contributed by atoms with Gasteiger partial charge >= 0.3 is 0 Å². The van der Waals surface area contributed by atoms with Crippen LogP contribution in [0.15, 0.2) is 72.3 Å². The topological polar surface area (TPSA) is 20.2 Å². The summed E-state index contributed by atoms with van der Waals surface area (Å²) < 4.78 is 0. The van der Waals surface area contributed by atoms with Gasteiger partial charge in [0.05, 0.1) is 0 Å². The van der Waals surface area contributed by atoms with Gasteiger partial charge in [-0.1, -0.05) is 78.9 Å². The quantitative estimate of drug-likeness (QED) is 0.758. The van der Waals surface area contributed by atoms with Crippen molar-refractivity contribution in [3.8, 4) is 0 Å². The molecule has 1 N–H and O–H groups in total. The van der Waals surface area contributed by atoms with Gasteiger partial charge in [-0.05, 0) is 29.5 Å². The van der Waals surface area contributed by atoms with E-state index in [9.17, 15) is 0 Å². The molecule has 0 atom stereocenters. The second-order valence-corrected chi connectivity index (χ2v) is 4.70. The number of aliphatic hydroxyl groups is 1. The summed E-state index contributed by atoms with van der Waals surface area (Å²) in [4.78, 5) is 0. The van der Waals surface area contributed by atoms with Crippen LogP contribution in [0.2, 0.25) is 0 Å². The van der Waals surface area contributed by atoms with Gasteiger partial charge in [0.2, 0.25) is 0 Å². The van der Waals surface area contributed by atoms with E-state index < -0.39 is 0 Å². The molecule has 0 bridgehead atoms. The number of aliphatic hydroxyl groups excluding tert-OH is 1. The summed E-state index contributed by atoms with van der Waals surface area (Å²) in [6.07, 6.45) is 8.10. The molecule has 0 amide bonds. The van der Waals surface area contributed by atoms with E-state index in [1.807, 2.05) is 36.4 Å². The first-order chi connectivity index (χ1) is 9.88. The maximum Gasteiger partial charge on any atom is 0.0434 e. The largest absolute Gasteiger partial charge is 0.396 e. The smallest absolute Gasteiger partial charge is 0.0434 e. The van der Waals surface area contributed by atoms with Crippen LogP contribution in [0.3, 0.4) is 0 Å². The van der Waals surface area contributed by atoms with Crippen LogP contribution in [0.25, 0.3) is 12.2 Å². The van der Waals surface area contributed by atoms with Crippen molar-refractivity contribution in [2.45, 2.75) is 12.8 Å². The molecular weight excluding hydrogens is 244 g/mol. The molecule has 0 aromatic heterocycles. The molecule has 0 radical (unpaired) electrons. The van der Waals surface area contributed by atoms with Gasteiger partial charge in [0, 0.05) is 6.61 Å². The fraction of sp³-hybridized carbons (Fsp3) is 0.158. The Hall–Kier alpha value is -2.12. The van der Waals surface area contributed by atoms with Crippen molar-refractivity contribution in [1.29, 1.82) is 0 Å². The van der Waals surface area contributed by atoms with Crippen LogP contribution in [-0.4, -0.2) is 11.7 Å². The number of benzene rings is 2. The van der Waals surface area contributed by atoms with Crippen molar-refractivity contribution in [3.05, 3.63) is 83.4 Å². The number of allylic oxidation sites excluding steroid dienone is 2. The lowest BCUT2D eigenvalue weighted by molar-refractivity contribution is 0.289. The summed E-state index contributed by atoms with van der Waals surface area (Å²) in [5.41, 5.74) is 3.61. The average Bonchev–Trinajstić information content (AvgIpc) is 2.52. The van der Waals surface area contributed by atoms with Crippen molar-refractivity contribution in [1.82, 2.24) is 0 Å². The van der Waals surface area contributed by atoms with Gasteiger partial charge in [0.25, 0.3) is 0 Å². The fourth-order valence-electron chi connectivity index (χ4n) is 2.02. The van der Waals surface area contributed by atoms with Crippen LogP contribution in [0, 0.1) is 0 Å². The minimum Gasteiger partial charge on any atom is -0.396 e. The molecule has 2 rings (SSSR count). The van der Waals surface area contributed by atoms with Gasteiger partial charge < -0.3 is 5.11 Å². The lowest BCUT2D eigenvalue weighted by Gasteiger charge is -2.02. The average molecular weight is 264 g/mol. The third kappa shape index (κ3) is 4.87. The lowest BCUT2D eigenvalue weighted by Crippen LogP contribution is -1.86. The lowest BCUT2D eigenvalue weighted by atomic mass is 10.0. The molecule has 1 heteroatoms. The van der Waals surface area contributed by atoms with E-state index in [2.05, 4.69) is 42.5 Å². The Morgan fingerprint density at radius 2 is 1.45 bits per heavy atom. The Morgan fingerprint density at radius 1 is 0.850 bits per heavy atom. The third-order valence-corrected chi connectivity index (χ3v) is 3.06. The molecule has 2 aromatic rings. The van der Waals surface area contributed by atoms with E-state index in [1.54, 1.807) is 0 Å². The van der Waals surface area contributed by atoms with Crippen LogP contribution in [-0.2, 0) is 0 Å². The Labute approximate surface area is 120 Å². The van der Waals surface area contributed by atoms with Gasteiger partial charge in [-0.2, -0.15) is 0 Å². The van der Waals surface area contributed by atoms with Gasteiger partial charge in [-0.15, -0.1) is 0 Å². The molecule has 20 heavy (non-hydrogen) atoms. The predicted molar refractivity (Wildman–Crippen MR) is 86.2 cm³/mol. The van der Waals surface area contributed by atoms with Gasteiger partial charge in [-0.25, -0.2) is 0 Å². The van der Waals surface area contributed by atoms with E-state index in [4.69, 9.17) is 5.11 Å². The molecule has 0 spiro atoms. The van der Waals surface area contributed by atoms with Crippen LogP contribution in [0.1, 0.15) is 24.0 Å². The zero-order valence-electron chi connectivity index (χ0n) is 11.6.